The van der Waals surface area contributed by atoms with Crippen molar-refractivity contribution in [1.82, 2.24) is 10.6 Å². The smallest absolute Gasteiger partial charge is 0.220 e. The van der Waals surface area contributed by atoms with Gasteiger partial charge in [-0.25, -0.2) is 0 Å². The van der Waals surface area contributed by atoms with E-state index in [-0.39, 0.29) is 37.2 Å². The van der Waals surface area contributed by atoms with Crippen molar-refractivity contribution in [3.8, 4) is 5.75 Å². The average Bonchev–Trinajstić information content (AvgIpc) is 2.59. The van der Waals surface area contributed by atoms with Gasteiger partial charge in [0.1, 0.15) is 5.75 Å². The van der Waals surface area contributed by atoms with Crippen molar-refractivity contribution < 1.29 is 19.7 Å². The maximum atomic E-state index is 11.8. The predicted molar refractivity (Wildman–Crippen MR) is 103 cm³/mol. The third-order valence-electron chi connectivity index (χ3n) is 4.10. The van der Waals surface area contributed by atoms with E-state index in [0.29, 0.717) is 19.6 Å². The fourth-order valence-corrected chi connectivity index (χ4v) is 2.65. The first kappa shape index (κ1) is 22.4. The topological polar surface area (TPSA) is 90.8 Å². The van der Waals surface area contributed by atoms with Gasteiger partial charge >= 0.3 is 0 Å². The maximum Gasteiger partial charge on any atom is 0.220 e. The average molecular weight is 367 g/mol. The van der Waals surface area contributed by atoms with E-state index >= 15 is 0 Å². The van der Waals surface area contributed by atoms with Crippen LogP contribution in [0.25, 0.3) is 0 Å². The monoisotopic (exact) mass is 366 g/mol. The second kappa shape index (κ2) is 11.9. The van der Waals surface area contributed by atoms with Crippen molar-refractivity contribution in [2.45, 2.75) is 58.7 Å². The fourth-order valence-electron chi connectivity index (χ4n) is 2.65. The minimum Gasteiger partial charge on any atom is -0.465 e. The number of nitrogens with one attached hydrogen (secondary N) is 2. The summed E-state index contributed by atoms with van der Waals surface area (Å²) in [6, 6.07) is 6.05. The summed E-state index contributed by atoms with van der Waals surface area (Å²) in [5.41, 5.74) is 2.13. The molecule has 1 aromatic rings. The van der Waals surface area contributed by atoms with E-state index in [0.717, 1.165) is 16.9 Å². The molecule has 1 rings (SSSR count). The van der Waals surface area contributed by atoms with Crippen LogP contribution in [0.5, 0.6) is 5.75 Å². The van der Waals surface area contributed by atoms with Gasteiger partial charge in [0.15, 0.2) is 6.29 Å². The number of amides is 1. The molecular weight excluding hydrogens is 332 g/mol. The highest BCUT2D eigenvalue weighted by Crippen LogP contribution is 2.35. The normalized spacial score (nSPS) is 12.5. The first-order valence-electron chi connectivity index (χ1n) is 9.42. The lowest BCUT2D eigenvalue weighted by Gasteiger charge is -2.22. The van der Waals surface area contributed by atoms with Crippen molar-refractivity contribution in [3.63, 3.8) is 0 Å². The lowest BCUT2D eigenvalue weighted by Crippen LogP contribution is -2.33. The summed E-state index contributed by atoms with van der Waals surface area (Å²) < 4.78 is 5.84. The Labute approximate surface area is 157 Å². The van der Waals surface area contributed by atoms with Crippen molar-refractivity contribution in [1.29, 1.82) is 0 Å². The van der Waals surface area contributed by atoms with Gasteiger partial charge < -0.3 is 25.6 Å². The summed E-state index contributed by atoms with van der Waals surface area (Å²) in [5, 5.41) is 24.7. The number of para-hydroxylation sites is 1. The fraction of sp³-hybridized carbons (Fsp3) is 0.650. The Kier molecular flexibility index (Phi) is 10.2. The van der Waals surface area contributed by atoms with Gasteiger partial charge in [0, 0.05) is 32.5 Å². The van der Waals surface area contributed by atoms with Crippen molar-refractivity contribution in [3.05, 3.63) is 29.3 Å². The highest BCUT2D eigenvalue weighted by atomic mass is 16.6. The Bertz CT molecular complexity index is 520. The van der Waals surface area contributed by atoms with Crippen molar-refractivity contribution in [2.24, 2.45) is 0 Å². The highest BCUT2D eigenvalue weighted by molar-refractivity contribution is 5.75. The number of benzene rings is 1. The quantitative estimate of drug-likeness (QED) is 0.336. The van der Waals surface area contributed by atoms with Crippen molar-refractivity contribution in [2.75, 3.05) is 26.2 Å². The first-order chi connectivity index (χ1) is 12.4. The molecule has 0 saturated carbocycles. The molecule has 1 aromatic carbocycles. The molecule has 0 aliphatic carbocycles. The van der Waals surface area contributed by atoms with Gasteiger partial charge in [-0.3, -0.25) is 4.79 Å². The second-order valence-corrected chi connectivity index (χ2v) is 7.01. The van der Waals surface area contributed by atoms with Gasteiger partial charge in [-0.15, -0.1) is 0 Å². The van der Waals surface area contributed by atoms with Crippen molar-refractivity contribution >= 4 is 5.91 Å². The summed E-state index contributed by atoms with van der Waals surface area (Å²) in [7, 11) is 0. The Balaban J connectivity index is 2.55. The lowest BCUT2D eigenvalue weighted by atomic mass is 9.94. The third-order valence-corrected chi connectivity index (χ3v) is 4.10. The van der Waals surface area contributed by atoms with E-state index in [1.165, 1.54) is 0 Å². The van der Waals surface area contributed by atoms with Crippen LogP contribution in [-0.2, 0) is 4.79 Å². The SMILES string of the molecule is CC(C)c1cccc(C(C)C)c1OC(O)CCC(=O)NCCNCCO. The van der Waals surface area contributed by atoms with Crippen LogP contribution in [0.4, 0.5) is 0 Å². The highest BCUT2D eigenvalue weighted by Gasteiger charge is 2.18. The van der Waals surface area contributed by atoms with E-state index < -0.39 is 6.29 Å². The molecule has 148 valence electrons. The minimum atomic E-state index is -1.02. The van der Waals surface area contributed by atoms with Crippen LogP contribution in [-0.4, -0.2) is 48.7 Å². The van der Waals surface area contributed by atoms with Gasteiger partial charge in [0.05, 0.1) is 6.61 Å². The standard InChI is InChI=1S/C20H34N2O4/c1-14(2)16-6-5-7-17(15(3)4)20(16)26-19(25)9-8-18(24)22-11-10-21-12-13-23/h5-7,14-15,19,21,23,25H,8-13H2,1-4H3,(H,22,24). The molecule has 6 nitrogen and oxygen atoms in total. The molecule has 4 N–H and O–H groups in total. The Hall–Kier alpha value is -1.63. The minimum absolute atomic E-state index is 0.0771. The summed E-state index contributed by atoms with van der Waals surface area (Å²) >= 11 is 0. The zero-order valence-corrected chi connectivity index (χ0v) is 16.4. The molecule has 6 heteroatoms. The van der Waals surface area contributed by atoms with Crippen LogP contribution < -0.4 is 15.4 Å². The van der Waals surface area contributed by atoms with Crippen LogP contribution in [0.15, 0.2) is 18.2 Å². The Morgan fingerprint density at radius 2 is 1.69 bits per heavy atom. The van der Waals surface area contributed by atoms with E-state index in [2.05, 4.69) is 38.3 Å². The molecule has 1 unspecified atom stereocenters. The number of rotatable bonds is 12. The van der Waals surface area contributed by atoms with Gasteiger partial charge in [0.2, 0.25) is 5.91 Å². The molecule has 0 fully saturated rings. The Morgan fingerprint density at radius 3 is 2.23 bits per heavy atom. The van der Waals surface area contributed by atoms with Gasteiger partial charge in [-0.05, 0) is 23.0 Å². The summed E-state index contributed by atoms with van der Waals surface area (Å²) in [6.45, 7) is 10.1. The van der Waals surface area contributed by atoms with Gasteiger partial charge in [-0.2, -0.15) is 0 Å². The number of carbonyl (C=O) groups is 1. The number of aliphatic hydroxyl groups excluding tert-OH is 2. The largest absolute Gasteiger partial charge is 0.465 e. The summed E-state index contributed by atoms with van der Waals surface area (Å²) in [4.78, 5) is 11.8. The molecule has 1 amide bonds. The van der Waals surface area contributed by atoms with Gasteiger partial charge in [0.25, 0.3) is 0 Å². The lowest BCUT2D eigenvalue weighted by molar-refractivity contribution is -0.123. The zero-order chi connectivity index (χ0) is 19.5. The molecule has 26 heavy (non-hydrogen) atoms. The van der Waals surface area contributed by atoms with E-state index in [1.807, 2.05) is 18.2 Å². The molecule has 0 radical (unpaired) electrons. The molecule has 0 aliphatic heterocycles. The molecule has 0 heterocycles. The molecule has 0 spiro atoms. The molecule has 1 atom stereocenters. The predicted octanol–water partition coefficient (Wildman–Crippen LogP) is 2.11. The Morgan fingerprint density at radius 1 is 1.08 bits per heavy atom. The number of hydrogen-bond acceptors (Lipinski definition) is 5. The molecular formula is C20H34N2O4. The summed E-state index contributed by atoms with van der Waals surface area (Å²) in [5.74, 6) is 1.18. The van der Waals surface area contributed by atoms with E-state index in [9.17, 15) is 9.90 Å². The van der Waals surface area contributed by atoms with Crippen LogP contribution in [0.3, 0.4) is 0 Å². The number of ether oxygens (including phenoxy) is 1. The van der Waals surface area contributed by atoms with Gasteiger partial charge in [-0.1, -0.05) is 45.9 Å². The molecule has 0 saturated heterocycles. The number of aliphatic hydroxyl groups is 2. The number of hydrogen-bond donors (Lipinski definition) is 4. The van der Waals surface area contributed by atoms with Crippen LogP contribution >= 0.6 is 0 Å². The third kappa shape index (κ3) is 7.72. The molecule has 0 aromatic heterocycles. The molecule has 0 bridgehead atoms. The van der Waals surface area contributed by atoms with Crippen LogP contribution in [0.2, 0.25) is 0 Å². The van der Waals surface area contributed by atoms with E-state index in [4.69, 9.17) is 9.84 Å². The number of carbonyl (C=O) groups excluding carboxylic acids is 1. The first-order valence-corrected chi connectivity index (χ1v) is 9.42. The zero-order valence-electron chi connectivity index (χ0n) is 16.4. The second-order valence-electron chi connectivity index (χ2n) is 7.01. The summed E-state index contributed by atoms with van der Waals surface area (Å²) in [6.07, 6.45) is -0.590. The van der Waals surface area contributed by atoms with E-state index in [1.54, 1.807) is 0 Å². The maximum absolute atomic E-state index is 11.8. The molecule has 0 aliphatic rings. The van der Waals surface area contributed by atoms with Crippen LogP contribution in [0.1, 0.15) is 63.5 Å². The van der Waals surface area contributed by atoms with Crippen LogP contribution in [0, 0.1) is 0 Å².